The highest BCUT2D eigenvalue weighted by Crippen LogP contribution is 2.32. The van der Waals surface area contributed by atoms with E-state index in [0.717, 1.165) is 57.2 Å². The SMILES string of the molecule is CNCCC1CCN(C(=O)C2CC(=O)N(C3CCC(C)CC3)C2)CC1. The third-order valence-electron chi connectivity index (χ3n) is 6.66. The molecule has 0 bridgehead atoms. The zero-order valence-corrected chi connectivity index (χ0v) is 16.0. The van der Waals surface area contributed by atoms with Gasteiger partial charge in [-0.2, -0.15) is 0 Å². The molecule has 2 amide bonds. The van der Waals surface area contributed by atoms with Crippen molar-refractivity contribution in [2.45, 2.75) is 64.3 Å². The van der Waals surface area contributed by atoms with Crippen LogP contribution in [0, 0.1) is 17.8 Å². The Hall–Kier alpha value is -1.10. The fraction of sp³-hybridized carbons (Fsp3) is 0.900. The lowest BCUT2D eigenvalue weighted by molar-refractivity contribution is -0.137. The summed E-state index contributed by atoms with van der Waals surface area (Å²) in [5.74, 6) is 1.87. The highest BCUT2D eigenvalue weighted by Gasteiger charge is 2.40. The Labute approximate surface area is 152 Å². The zero-order chi connectivity index (χ0) is 17.8. The molecule has 5 heteroatoms. The number of nitrogens with zero attached hydrogens (tertiary/aromatic N) is 2. The van der Waals surface area contributed by atoms with E-state index >= 15 is 0 Å². The smallest absolute Gasteiger partial charge is 0.227 e. The van der Waals surface area contributed by atoms with Gasteiger partial charge in [-0.3, -0.25) is 9.59 Å². The number of likely N-dealkylation sites (tertiary alicyclic amines) is 2. The number of rotatable bonds is 5. The minimum atomic E-state index is -0.0966. The molecule has 0 aromatic rings. The van der Waals surface area contributed by atoms with Crippen LogP contribution in [0.5, 0.6) is 0 Å². The molecule has 0 radical (unpaired) electrons. The summed E-state index contributed by atoms with van der Waals surface area (Å²) in [4.78, 5) is 29.4. The fourth-order valence-electron chi connectivity index (χ4n) is 4.85. The van der Waals surface area contributed by atoms with Gasteiger partial charge in [-0.05, 0) is 70.4 Å². The van der Waals surface area contributed by atoms with Crippen LogP contribution < -0.4 is 5.32 Å². The summed E-state index contributed by atoms with van der Waals surface area (Å²) in [5.41, 5.74) is 0. The van der Waals surface area contributed by atoms with E-state index < -0.39 is 0 Å². The standard InChI is InChI=1S/C20H35N3O2/c1-15-3-5-18(6-4-15)23-14-17(13-19(23)24)20(25)22-11-8-16(9-12-22)7-10-21-2/h15-18,21H,3-14H2,1-2H3. The quantitative estimate of drug-likeness (QED) is 0.828. The molecule has 1 aliphatic carbocycles. The third-order valence-corrected chi connectivity index (χ3v) is 6.66. The molecule has 2 heterocycles. The maximum atomic E-state index is 12.9. The van der Waals surface area contributed by atoms with Gasteiger partial charge in [0.05, 0.1) is 5.92 Å². The summed E-state index contributed by atoms with van der Waals surface area (Å²) in [7, 11) is 1.99. The molecule has 1 unspecified atom stereocenters. The van der Waals surface area contributed by atoms with E-state index in [0.29, 0.717) is 19.0 Å². The molecule has 0 spiro atoms. The van der Waals surface area contributed by atoms with Crippen molar-refractivity contribution in [1.82, 2.24) is 15.1 Å². The molecule has 25 heavy (non-hydrogen) atoms. The zero-order valence-electron chi connectivity index (χ0n) is 16.0. The van der Waals surface area contributed by atoms with Gasteiger partial charge in [0.2, 0.25) is 11.8 Å². The van der Waals surface area contributed by atoms with Crippen molar-refractivity contribution in [3.05, 3.63) is 0 Å². The molecule has 142 valence electrons. The van der Waals surface area contributed by atoms with Crippen LogP contribution in [0.3, 0.4) is 0 Å². The van der Waals surface area contributed by atoms with Gasteiger partial charge in [0.25, 0.3) is 0 Å². The molecule has 2 saturated heterocycles. The minimum absolute atomic E-state index is 0.0966. The van der Waals surface area contributed by atoms with Gasteiger partial charge >= 0.3 is 0 Å². The second-order valence-corrected chi connectivity index (χ2v) is 8.52. The Balaban J connectivity index is 1.48. The topological polar surface area (TPSA) is 52.7 Å². The van der Waals surface area contributed by atoms with Gasteiger partial charge in [0.15, 0.2) is 0 Å². The first kappa shape index (κ1) is 18.7. The van der Waals surface area contributed by atoms with E-state index in [9.17, 15) is 9.59 Å². The summed E-state index contributed by atoms with van der Waals surface area (Å²) in [6.07, 6.45) is 8.52. The van der Waals surface area contributed by atoms with E-state index in [-0.39, 0.29) is 17.7 Å². The van der Waals surface area contributed by atoms with Crippen LogP contribution in [0.1, 0.15) is 58.3 Å². The van der Waals surface area contributed by atoms with E-state index in [2.05, 4.69) is 12.2 Å². The van der Waals surface area contributed by atoms with Crippen LogP contribution in [-0.4, -0.2) is 60.9 Å². The molecule has 3 rings (SSSR count). The molecule has 3 fully saturated rings. The lowest BCUT2D eigenvalue weighted by Gasteiger charge is -2.35. The Kier molecular flexibility index (Phi) is 6.37. The molecular formula is C20H35N3O2. The van der Waals surface area contributed by atoms with E-state index in [4.69, 9.17) is 0 Å². The van der Waals surface area contributed by atoms with Crippen molar-refractivity contribution in [2.75, 3.05) is 33.2 Å². The van der Waals surface area contributed by atoms with Crippen molar-refractivity contribution in [3.63, 3.8) is 0 Å². The lowest BCUT2D eigenvalue weighted by atomic mass is 9.86. The lowest BCUT2D eigenvalue weighted by Crippen LogP contribution is -2.44. The number of hydrogen-bond donors (Lipinski definition) is 1. The fourth-order valence-corrected chi connectivity index (χ4v) is 4.85. The Morgan fingerprint density at radius 2 is 1.80 bits per heavy atom. The number of nitrogens with one attached hydrogen (secondary N) is 1. The predicted octanol–water partition coefficient (Wildman–Crippen LogP) is 2.26. The first-order chi connectivity index (χ1) is 12.1. The molecule has 1 N–H and O–H groups in total. The predicted molar refractivity (Wildman–Crippen MR) is 99.1 cm³/mol. The van der Waals surface area contributed by atoms with Crippen molar-refractivity contribution in [1.29, 1.82) is 0 Å². The molecule has 1 atom stereocenters. The van der Waals surface area contributed by atoms with Crippen LogP contribution in [-0.2, 0) is 9.59 Å². The van der Waals surface area contributed by atoms with Crippen LogP contribution >= 0.6 is 0 Å². The second kappa shape index (κ2) is 8.52. The Morgan fingerprint density at radius 1 is 1.12 bits per heavy atom. The highest BCUT2D eigenvalue weighted by atomic mass is 16.2. The summed E-state index contributed by atoms with van der Waals surface area (Å²) in [5, 5.41) is 3.21. The van der Waals surface area contributed by atoms with Crippen LogP contribution in [0.2, 0.25) is 0 Å². The summed E-state index contributed by atoms with van der Waals surface area (Å²) < 4.78 is 0. The Bertz CT molecular complexity index is 466. The van der Waals surface area contributed by atoms with Crippen molar-refractivity contribution < 1.29 is 9.59 Å². The van der Waals surface area contributed by atoms with Crippen LogP contribution in [0.25, 0.3) is 0 Å². The van der Waals surface area contributed by atoms with Crippen LogP contribution in [0.15, 0.2) is 0 Å². The second-order valence-electron chi connectivity index (χ2n) is 8.52. The van der Waals surface area contributed by atoms with Crippen LogP contribution in [0.4, 0.5) is 0 Å². The number of carbonyl (C=O) groups excluding carboxylic acids is 2. The molecule has 1 saturated carbocycles. The van der Waals surface area contributed by atoms with Gasteiger partial charge in [0, 0.05) is 32.1 Å². The summed E-state index contributed by atoms with van der Waals surface area (Å²) in [6, 6.07) is 0.383. The first-order valence-electron chi connectivity index (χ1n) is 10.3. The molecule has 2 aliphatic heterocycles. The van der Waals surface area contributed by atoms with E-state index in [1.807, 2.05) is 16.8 Å². The largest absolute Gasteiger partial charge is 0.342 e. The number of hydrogen-bond acceptors (Lipinski definition) is 3. The first-order valence-corrected chi connectivity index (χ1v) is 10.3. The van der Waals surface area contributed by atoms with Gasteiger partial charge < -0.3 is 15.1 Å². The minimum Gasteiger partial charge on any atom is -0.342 e. The third kappa shape index (κ3) is 4.55. The summed E-state index contributed by atoms with van der Waals surface area (Å²) >= 11 is 0. The normalized spacial score (nSPS) is 31.6. The molecular weight excluding hydrogens is 314 g/mol. The van der Waals surface area contributed by atoms with Crippen molar-refractivity contribution in [2.24, 2.45) is 17.8 Å². The number of carbonyl (C=O) groups is 2. The number of piperidine rings is 1. The summed E-state index contributed by atoms with van der Waals surface area (Å²) in [6.45, 7) is 5.77. The van der Waals surface area contributed by atoms with Crippen molar-refractivity contribution in [3.8, 4) is 0 Å². The monoisotopic (exact) mass is 349 g/mol. The number of amides is 2. The Morgan fingerprint density at radius 3 is 2.44 bits per heavy atom. The maximum absolute atomic E-state index is 12.9. The molecule has 0 aromatic carbocycles. The van der Waals surface area contributed by atoms with Gasteiger partial charge in [0.1, 0.15) is 0 Å². The molecule has 3 aliphatic rings. The highest BCUT2D eigenvalue weighted by molar-refractivity contribution is 5.89. The van der Waals surface area contributed by atoms with E-state index in [1.165, 1.54) is 19.3 Å². The molecule has 0 aromatic heterocycles. The molecule has 5 nitrogen and oxygen atoms in total. The van der Waals surface area contributed by atoms with Gasteiger partial charge in [-0.25, -0.2) is 0 Å². The van der Waals surface area contributed by atoms with Gasteiger partial charge in [-0.1, -0.05) is 6.92 Å². The van der Waals surface area contributed by atoms with Gasteiger partial charge in [-0.15, -0.1) is 0 Å². The van der Waals surface area contributed by atoms with Crippen molar-refractivity contribution >= 4 is 11.8 Å². The maximum Gasteiger partial charge on any atom is 0.227 e. The average molecular weight is 350 g/mol. The average Bonchev–Trinajstić information content (AvgIpc) is 3.02. The van der Waals surface area contributed by atoms with E-state index in [1.54, 1.807) is 0 Å².